The van der Waals surface area contributed by atoms with Gasteiger partial charge in [0, 0.05) is 24.7 Å². The van der Waals surface area contributed by atoms with Crippen molar-refractivity contribution in [1.82, 2.24) is 0 Å². The molecule has 1 saturated heterocycles. The van der Waals surface area contributed by atoms with Gasteiger partial charge in [0.15, 0.2) is 5.69 Å². The Bertz CT molecular complexity index is 950. The number of benzene rings is 2. The molecule has 10 heteroatoms. The molecular weight excluding hydrogens is 385 g/mol. The minimum absolute atomic E-state index is 0.114. The third kappa shape index (κ3) is 4.03. The molecule has 0 saturated carbocycles. The number of nitro benzene ring substituents is 2. The molecule has 29 heavy (non-hydrogen) atoms. The standard InChI is InChI=1S/C19H20FN3O6/c1-11-8-21(9-17(29-11)13-3-5-15(20)6-4-13)19-16(22(25)26)7-14(10-24)12(2)18(19)23(27)28/h3-7,11,17,24H,8-10H2,1-2H3. The van der Waals surface area contributed by atoms with E-state index in [-0.39, 0.29) is 36.0 Å². The Morgan fingerprint density at radius 1 is 1.21 bits per heavy atom. The van der Waals surface area contributed by atoms with Gasteiger partial charge in [-0.2, -0.15) is 0 Å². The fourth-order valence-electron chi connectivity index (χ4n) is 3.63. The molecule has 154 valence electrons. The summed E-state index contributed by atoms with van der Waals surface area (Å²) in [5.74, 6) is -0.407. The van der Waals surface area contributed by atoms with Gasteiger partial charge in [-0.1, -0.05) is 12.1 Å². The number of morpholine rings is 1. The molecule has 2 unspecified atom stereocenters. The fraction of sp³-hybridized carbons (Fsp3) is 0.368. The number of nitro groups is 2. The summed E-state index contributed by atoms with van der Waals surface area (Å²) in [5, 5.41) is 33.0. The highest BCUT2D eigenvalue weighted by molar-refractivity contribution is 5.79. The maximum atomic E-state index is 13.2. The van der Waals surface area contributed by atoms with E-state index in [9.17, 15) is 29.7 Å². The SMILES string of the molecule is Cc1c(CO)cc([N+](=O)[O-])c(N2CC(C)OC(c3ccc(F)cc3)C2)c1[N+](=O)[O-]. The van der Waals surface area contributed by atoms with Crippen molar-refractivity contribution in [2.45, 2.75) is 32.7 Å². The second kappa shape index (κ2) is 8.10. The first-order valence-electron chi connectivity index (χ1n) is 8.94. The van der Waals surface area contributed by atoms with Gasteiger partial charge in [0.05, 0.1) is 22.6 Å². The zero-order valence-electron chi connectivity index (χ0n) is 15.9. The Labute approximate surface area is 165 Å². The van der Waals surface area contributed by atoms with Crippen LogP contribution < -0.4 is 4.90 Å². The summed E-state index contributed by atoms with van der Waals surface area (Å²) in [6.45, 7) is 2.99. The highest BCUT2D eigenvalue weighted by Crippen LogP contribution is 2.44. The van der Waals surface area contributed by atoms with Gasteiger partial charge in [0.2, 0.25) is 0 Å². The van der Waals surface area contributed by atoms with Crippen LogP contribution in [0.1, 0.15) is 29.7 Å². The molecule has 0 aliphatic carbocycles. The topological polar surface area (TPSA) is 119 Å². The molecule has 0 amide bonds. The normalized spacial score (nSPS) is 19.2. The number of hydrogen-bond donors (Lipinski definition) is 1. The lowest BCUT2D eigenvalue weighted by Gasteiger charge is -2.38. The van der Waals surface area contributed by atoms with Gasteiger partial charge in [0.25, 0.3) is 5.69 Å². The molecule has 1 aliphatic rings. The van der Waals surface area contributed by atoms with E-state index in [0.717, 1.165) is 0 Å². The molecule has 0 radical (unpaired) electrons. The van der Waals surface area contributed by atoms with Gasteiger partial charge in [-0.15, -0.1) is 0 Å². The van der Waals surface area contributed by atoms with Crippen LogP contribution in [0.25, 0.3) is 0 Å². The summed E-state index contributed by atoms with van der Waals surface area (Å²) in [6.07, 6.45) is -0.924. The average molecular weight is 405 g/mol. The van der Waals surface area contributed by atoms with E-state index in [1.807, 2.05) is 0 Å². The monoisotopic (exact) mass is 405 g/mol. The quantitative estimate of drug-likeness (QED) is 0.598. The first kappa shape index (κ1) is 20.6. The molecule has 3 rings (SSSR count). The third-order valence-electron chi connectivity index (χ3n) is 4.98. The molecule has 2 aromatic carbocycles. The second-order valence-corrected chi connectivity index (χ2v) is 6.94. The van der Waals surface area contributed by atoms with E-state index < -0.39 is 39.7 Å². The van der Waals surface area contributed by atoms with Crippen molar-refractivity contribution in [2.75, 3.05) is 18.0 Å². The van der Waals surface area contributed by atoms with Crippen molar-refractivity contribution < 1.29 is 24.1 Å². The Kier molecular flexibility index (Phi) is 5.76. The van der Waals surface area contributed by atoms with Crippen molar-refractivity contribution in [3.63, 3.8) is 0 Å². The van der Waals surface area contributed by atoms with Crippen molar-refractivity contribution in [3.8, 4) is 0 Å². The van der Waals surface area contributed by atoms with Crippen LogP contribution in [0.3, 0.4) is 0 Å². The van der Waals surface area contributed by atoms with E-state index in [4.69, 9.17) is 4.74 Å². The van der Waals surface area contributed by atoms with E-state index in [2.05, 4.69) is 0 Å². The van der Waals surface area contributed by atoms with Crippen LogP contribution in [0.5, 0.6) is 0 Å². The largest absolute Gasteiger partial charge is 0.392 e. The Hall–Kier alpha value is -3.11. The predicted octanol–water partition coefficient (Wildman–Crippen LogP) is 3.41. The highest BCUT2D eigenvalue weighted by atomic mass is 19.1. The highest BCUT2D eigenvalue weighted by Gasteiger charge is 2.37. The summed E-state index contributed by atoms with van der Waals surface area (Å²) in [4.78, 5) is 23.7. The van der Waals surface area contributed by atoms with Crippen LogP contribution in [0, 0.1) is 33.0 Å². The van der Waals surface area contributed by atoms with Gasteiger partial charge in [-0.25, -0.2) is 4.39 Å². The maximum absolute atomic E-state index is 13.2. The molecule has 2 aromatic rings. The van der Waals surface area contributed by atoms with Crippen molar-refractivity contribution >= 4 is 17.1 Å². The molecule has 9 nitrogen and oxygen atoms in total. The van der Waals surface area contributed by atoms with Gasteiger partial charge < -0.3 is 14.7 Å². The maximum Gasteiger partial charge on any atom is 0.302 e. The van der Waals surface area contributed by atoms with Crippen LogP contribution in [-0.2, 0) is 11.3 Å². The number of rotatable bonds is 5. The first-order valence-corrected chi connectivity index (χ1v) is 8.94. The van der Waals surface area contributed by atoms with E-state index in [1.165, 1.54) is 25.1 Å². The van der Waals surface area contributed by atoms with Crippen LogP contribution in [0.2, 0.25) is 0 Å². The van der Waals surface area contributed by atoms with Gasteiger partial charge in [-0.05, 0) is 37.1 Å². The smallest absolute Gasteiger partial charge is 0.302 e. The molecule has 1 fully saturated rings. The van der Waals surface area contributed by atoms with Gasteiger partial charge in [0.1, 0.15) is 11.9 Å². The molecule has 2 atom stereocenters. The van der Waals surface area contributed by atoms with Crippen LogP contribution in [-0.4, -0.2) is 34.1 Å². The second-order valence-electron chi connectivity index (χ2n) is 6.94. The zero-order chi connectivity index (χ0) is 21.3. The van der Waals surface area contributed by atoms with Crippen LogP contribution in [0.15, 0.2) is 30.3 Å². The number of aliphatic hydroxyl groups excluding tert-OH is 1. The summed E-state index contributed by atoms with van der Waals surface area (Å²) in [5.41, 5.74) is 0.00144. The number of ether oxygens (including phenoxy) is 1. The fourth-order valence-corrected chi connectivity index (χ4v) is 3.63. The zero-order valence-corrected chi connectivity index (χ0v) is 15.9. The average Bonchev–Trinajstić information content (AvgIpc) is 2.67. The Morgan fingerprint density at radius 2 is 1.86 bits per heavy atom. The summed E-state index contributed by atoms with van der Waals surface area (Å²) in [6, 6.07) is 6.85. The lowest BCUT2D eigenvalue weighted by Crippen LogP contribution is -2.43. The van der Waals surface area contributed by atoms with E-state index >= 15 is 0 Å². The number of aliphatic hydroxyl groups is 1. The molecule has 0 bridgehead atoms. The van der Waals surface area contributed by atoms with Gasteiger partial charge in [-0.3, -0.25) is 20.2 Å². The minimum Gasteiger partial charge on any atom is -0.392 e. The lowest BCUT2D eigenvalue weighted by atomic mass is 10.0. The van der Waals surface area contributed by atoms with Crippen molar-refractivity contribution in [1.29, 1.82) is 0 Å². The Morgan fingerprint density at radius 3 is 2.41 bits per heavy atom. The third-order valence-corrected chi connectivity index (χ3v) is 4.98. The van der Waals surface area contributed by atoms with Crippen LogP contribution in [0.4, 0.5) is 21.5 Å². The number of halogens is 1. The Balaban J connectivity index is 2.12. The molecule has 0 aromatic heterocycles. The predicted molar refractivity (Wildman–Crippen MR) is 102 cm³/mol. The number of hydrogen-bond acceptors (Lipinski definition) is 7. The first-order chi connectivity index (χ1) is 13.7. The van der Waals surface area contributed by atoms with Crippen molar-refractivity contribution in [3.05, 3.63) is 73.1 Å². The molecule has 1 heterocycles. The number of nitrogens with zero attached hydrogens (tertiary/aromatic N) is 3. The minimum atomic E-state index is -0.687. The summed E-state index contributed by atoms with van der Waals surface area (Å²) >= 11 is 0. The van der Waals surface area contributed by atoms with Gasteiger partial charge >= 0.3 is 5.69 Å². The van der Waals surface area contributed by atoms with E-state index in [0.29, 0.717) is 5.56 Å². The molecule has 1 aliphatic heterocycles. The molecular formula is C19H20FN3O6. The van der Waals surface area contributed by atoms with Crippen LogP contribution >= 0.6 is 0 Å². The summed E-state index contributed by atoms with van der Waals surface area (Å²) < 4.78 is 19.1. The van der Waals surface area contributed by atoms with Crippen molar-refractivity contribution in [2.24, 2.45) is 0 Å². The van der Waals surface area contributed by atoms with E-state index in [1.54, 1.807) is 24.0 Å². The molecule has 1 N–H and O–H groups in total. The molecule has 0 spiro atoms. The lowest BCUT2D eigenvalue weighted by molar-refractivity contribution is -0.393. The summed E-state index contributed by atoms with van der Waals surface area (Å²) in [7, 11) is 0. The number of anilines is 1.